The van der Waals surface area contributed by atoms with Crippen LogP contribution in [0.1, 0.15) is 6.42 Å². The number of aryl methyl sites for hydroxylation is 1. The van der Waals surface area contributed by atoms with Gasteiger partial charge in [-0.3, -0.25) is 14.4 Å². The van der Waals surface area contributed by atoms with Crippen molar-refractivity contribution in [2.24, 2.45) is 7.05 Å². The first kappa shape index (κ1) is 26.4. The number of carbonyl (C=O) groups is 1. The van der Waals surface area contributed by atoms with E-state index in [1.165, 1.54) is 43.0 Å². The molecule has 4 aromatic rings. The van der Waals surface area contributed by atoms with Crippen LogP contribution in [0.4, 0.5) is 37.6 Å². The van der Waals surface area contributed by atoms with Gasteiger partial charge in [-0.25, -0.2) is 13.8 Å². The molecule has 3 heterocycles. The molecule has 0 unspecified atom stereocenters. The Kier molecular flexibility index (Phi) is 7.94. The van der Waals surface area contributed by atoms with Crippen LogP contribution >= 0.6 is 15.9 Å². The maximum absolute atomic E-state index is 14.9. The standard InChI is InChI=1S/C27H25BrF2N8O/c1-37-16-19(14-32-37)34-27-31-15-20(17-5-7-21(28)23(30)12-17)26(36-27)35-24-13-18(6-8-22(24)29)33-25(39)4-2-9-38-10-3-11-38/h2,4-8,12-16H,3,9-11H2,1H3,(H,33,39)(H2,31,34,35,36)/b4-2+. The highest BCUT2D eigenvalue weighted by atomic mass is 79.9. The lowest BCUT2D eigenvalue weighted by Crippen LogP contribution is -2.37. The third-order valence-electron chi connectivity index (χ3n) is 6.05. The van der Waals surface area contributed by atoms with Crippen molar-refractivity contribution in [2.45, 2.75) is 6.42 Å². The van der Waals surface area contributed by atoms with Crippen molar-refractivity contribution >= 4 is 50.7 Å². The third kappa shape index (κ3) is 6.65. The summed E-state index contributed by atoms with van der Waals surface area (Å²) in [7, 11) is 1.78. The van der Waals surface area contributed by atoms with E-state index in [4.69, 9.17) is 0 Å². The van der Waals surface area contributed by atoms with Crippen LogP contribution in [0, 0.1) is 11.6 Å². The summed E-state index contributed by atoms with van der Waals surface area (Å²) in [6.07, 6.45) is 9.32. The average molecular weight is 595 g/mol. The van der Waals surface area contributed by atoms with Gasteiger partial charge in [-0.05, 0) is 71.3 Å². The number of aromatic nitrogens is 4. The van der Waals surface area contributed by atoms with E-state index in [0.29, 0.717) is 33.5 Å². The van der Waals surface area contributed by atoms with Crippen molar-refractivity contribution in [1.82, 2.24) is 24.6 Å². The number of halogens is 3. The smallest absolute Gasteiger partial charge is 0.248 e. The highest BCUT2D eigenvalue weighted by Crippen LogP contribution is 2.33. The van der Waals surface area contributed by atoms with E-state index < -0.39 is 11.6 Å². The van der Waals surface area contributed by atoms with E-state index in [1.54, 1.807) is 42.3 Å². The summed E-state index contributed by atoms with van der Waals surface area (Å²) in [5.74, 6) is -0.883. The van der Waals surface area contributed by atoms with Crippen molar-refractivity contribution in [1.29, 1.82) is 0 Å². The molecule has 0 spiro atoms. The number of rotatable bonds is 9. The first-order valence-electron chi connectivity index (χ1n) is 12.2. The van der Waals surface area contributed by atoms with Crippen LogP contribution in [0.15, 0.2) is 71.6 Å². The summed E-state index contributed by atoms with van der Waals surface area (Å²) in [4.78, 5) is 23.5. The van der Waals surface area contributed by atoms with E-state index in [2.05, 4.69) is 51.8 Å². The number of anilines is 5. The Hall–Kier alpha value is -4.16. The maximum atomic E-state index is 14.9. The predicted octanol–water partition coefficient (Wildman–Crippen LogP) is 5.61. The summed E-state index contributed by atoms with van der Waals surface area (Å²) < 4.78 is 31.2. The molecule has 1 aliphatic heterocycles. The van der Waals surface area contributed by atoms with Crippen LogP contribution in [-0.4, -0.2) is 50.2 Å². The molecule has 2 aromatic carbocycles. The molecule has 0 atom stereocenters. The summed E-state index contributed by atoms with van der Waals surface area (Å²) in [6.45, 7) is 2.79. The second-order valence-electron chi connectivity index (χ2n) is 8.98. The molecular formula is C27H25BrF2N8O. The lowest BCUT2D eigenvalue weighted by Gasteiger charge is -2.29. The van der Waals surface area contributed by atoms with E-state index in [-0.39, 0.29) is 23.4 Å². The van der Waals surface area contributed by atoms with Crippen LogP contribution in [0.2, 0.25) is 0 Å². The number of carbonyl (C=O) groups excluding carboxylic acids is 1. The van der Waals surface area contributed by atoms with E-state index in [1.807, 2.05) is 0 Å². The minimum absolute atomic E-state index is 0.0715. The number of nitrogens with one attached hydrogen (secondary N) is 3. The molecule has 0 bridgehead atoms. The third-order valence-corrected chi connectivity index (χ3v) is 6.69. The summed E-state index contributed by atoms with van der Waals surface area (Å²) >= 11 is 3.16. The Morgan fingerprint density at radius 2 is 1.92 bits per heavy atom. The molecule has 12 heteroatoms. The van der Waals surface area contributed by atoms with Gasteiger partial charge in [-0.15, -0.1) is 0 Å². The average Bonchev–Trinajstić information content (AvgIpc) is 3.29. The van der Waals surface area contributed by atoms with Gasteiger partial charge in [-0.2, -0.15) is 10.1 Å². The van der Waals surface area contributed by atoms with Crippen LogP contribution < -0.4 is 16.0 Å². The Labute approximate surface area is 232 Å². The first-order chi connectivity index (χ1) is 18.8. The van der Waals surface area contributed by atoms with E-state index in [0.717, 1.165) is 13.1 Å². The van der Waals surface area contributed by atoms with Crippen molar-refractivity contribution < 1.29 is 13.6 Å². The molecule has 39 heavy (non-hydrogen) atoms. The Morgan fingerprint density at radius 1 is 1.08 bits per heavy atom. The number of likely N-dealkylation sites (tertiary alicyclic amines) is 1. The Bertz CT molecular complexity index is 1540. The number of amides is 1. The lowest BCUT2D eigenvalue weighted by molar-refractivity contribution is -0.111. The number of benzene rings is 2. The molecule has 0 saturated carbocycles. The highest BCUT2D eigenvalue weighted by molar-refractivity contribution is 9.10. The van der Waals surface area contributed by atoms with Crippen molar-refractivity contribution in [3.8, 4) is 11.1 Å². The van der Waals surface area contributed by atoms with E-state index in [9.17, 15) is 13.6 Å². The van der Waals surface area contributed by atoms with Gasteiger partial charge in [0.05, 0.1) is 22.0 Å². The summed E-state index contributed by atoms with van der Waals surface area (Å²) in [5.41, 5.74) is 2.06. The van der Waals surface area contributed by atoms with Gasteiger partial charge in [0.2, 0.25) is 11.9 Å². The molecule has 9 nitrogen and oxygen atoms in total. The molecule has 1 amide bonds. The fourth-order valence-corrected chi connectivity index (χ4v) is 4.16. The summed E-state index contributed by atoms with van der Waals surface area (Å²) in [6, 6.07) is 8.80. The van der Waals surface area contributed by atoms with Crippen molar-refractivity contribution in [3.05, 3.63) is 83.2 Å². The monoisotopic (exact) mass is 594 g/mol. The van der Waals surface area contributed by atoms with Gasteiger partial charge >= 0.3 is 0 Å². The SMILES string of the molecule is Cn1cc(Nc2ncc(-c3ccc(Br)c(F)c3)c(Nc3cc(NC(=O)/C=C/CN4CCC4)ccc3F)n2)cn1. The van der Waals surface area contributed by atoms with Gasteiger partial charge in [0, 0.05) is 43.3 Å². The van der Waals surface area contributed by atoms with Gasteiger partial charge in [-0.1, -0.05) is 12.1 Å². The molecule has 0 radical (unpaired) electrons. The summed E-state index contributed by atoms with van der Waals surface area (Å²) in [5, 5.41) is 12.9. The molecule has 2 aromatic heterocycles. The van der Waals surface area contributed by atoms with Gasteiger partial charge in [0.1, 0.15) is 17.5 Å². The zero-order chi connectivity index (χ0) is 27.4. The van der Waals surface area contributed by atoms with E-state index >= 15 is 0 Å². The van der Waals surface area contributed by atoms with Crippen molar-refractivity contribution in [3.63, 3.8) is 0 Å². The van der Waals surface area contributed by atoms with Gasteiger partial charge < -0.3 is 16.0 Å². The zero-order valence-corrected chi connectivity index (χ0v) is 22.5. The lowest BCUT2D eigenvalue weighted by atomic mass is 10.1. The quantitative estimate of drug-likeness (QED) is 0.217. The highest BCUT2D eigenvalue weighted by Gasteiger charge is 2.15. The minimum Gasteiger partial charge on any atom is -0.337 e. The van der Waals surface area contributed by atoms with Gasteiger partial charge in [0.15, 0.2) is 0 Å². The molecule has 1 fully saturated rings. The van der Waals surface area contributed by atoms with Crippen LogP contribution in [0.25, 0.3) is 11.1 Å². The number of hydrogen-bond donors (Lipinski definition) is 3. The molecule has 1 aliphatic rings. The fourth-order valence-electron chi connectivity index (χ4n) is 3.91. The molecule has 1 saturated heterocycles. The van der Waals surface area contributed by atoms with Crippen LogP contribution in [-0.2, 0) is 11.8 Å². The largest absolute Gasteiger partial charge is 0.337 e. The zero-order valence-electron chi connectivity index (χ0n) is 21.0. The van der Waals surface area contributed by atoms with Crippen molar-refractivity contribution in [2.75, 3.05) is 35.6 Å². The van der Waals surface area contributed by atoms with Gasteiger partial charge in [0.25, 0.3) is 0 Å². The molecule has 200 valence electrons. The maximum Gasteiger partial charge on any atom is 0.248 e. The molecule has 3 N–H and O–H groups in total. The Balaban J connectivity index is 1.41. The predicted molar refractivity (Wildman–Crippen MR) is 150 cm³/mol. The first-order valence-corrected chi connectivity index (χ1v) is 13.0. The number of hydrogen-bond acceptors (Lipinski definition) is 7. The molecule has 5 rings (SSSR count). The molecule has 0 aliphatic carbocycles. The second-order valence-corrected chi connectivity index (χ2v) is 9.83. The Morgan fingerprint density at radius 3 is 2.64 bits per heavy atom. The number of nitrogens with zero attached hydrogens (tertiary/aromatic N) is 5. The fraction of sp³-hybridized carbons (Fsp3) is 0.185. The molecular weight excluding hydrogens is 570 g/mol. The van der Waals surface area contributed by atoms with Crippen LogP contribution in [0.3, 0.4) is 0 Å². The minimum atomic E-state index is -0.561. The second kappa shape index (κ2) is 11.7. The topological polar surface area (TPSA) is 100 Å². The van der Waals surface area contributed by atoms with Crippen LogP contribution in [0.5, 0.6) is 0 Å². The normalized spacial score (nSPS) is 13.3.